The minimum atomic E-state index is -0.588. The Labute approximate surface area is 114 Å². The molecule has 1 aromatic carbocycles. The molecule has 0 atom stereocenters. The molecule has 7 heteroatoms. The van der Waals surface area contributed by atoms with Crippen molar-refractivity contribution in [3.8, 4) is 5.88 Å². The first-order valence-corrected chi connectivity index (χ1v) is 5.75. The quantitative estimate of drug-likeness (QED) is 0.834. The minimum Gasteiger partial charge on any atom is -0.481 e. The van der Waals surface area contributed by atoms with Crippen molar-refractivity contribution in [2.45, 2.75) is 6.92 Å². The summed E-state index contributed by atoms with van der Waals surface area (Å²) < 4.78 is 18.1. The second-order valence-electron chi connectivity index (χ2n) is 4.06. The van der Waals surface area contributed by atoms with Gasteiger partial charge in [-0.25, -0.2) is 9.37 Å². The van der Waals surface area contributed by atoms with Crippen LogP contribution in [0.4, 0.5) is 16.0 Å². The number of amides is 1. The van der Waals surface area contributed by atoms with Gasteiger partial charge in [0, 0.05) is 17.4 Å². The number of aromatic nitrogens is 2. The topological polar surface area (TPSA) is 90.1 Å². The van der Waals surface area contributed by atoms with Crippen LogP contribution in [0.3, 0.4) is 0 Å². The van der Waals surface area contributed by atoms with E-state index in [9.17, 15) is 9.18 Å². The average molecular weight is 276 g/mol. The van der Waals surface area contributed by atoms with Crippen LogP contribution in [0.2, 0.25) is 0 Å². The Morgan fingerprint density at radius 2 is 2.10 bits per heavy atom. The van der Waals surface area contributed by atoms with Crippen LogP contribution in [-0.4, -0.2) is 23.0 Å². The molecule has 0 saturated heterocycles. The number of rotatable bonds is 3. The van der Waals surface area contributed by atoms with Gasteiger partial charge in [0.15, 0.2) is 0 Å². The molecule has 0 radical (unpaired) electrons. The number of nitrogen functional groups attached to an aromatic ring is 1. The van der Waals surface area contributed by atoms with Crippen molar-refractivity contribution in [2.24, 2.45) is 0 Å². The number of anilines is 2. The maximum atomic E-state index is 13.1. The fraction of sp³-hybridized carbons (Fsp3) is 0.154. The highest BCUT2D eigenvalue weighted by Crippen LogP contribution is 2.16. The van der Waals surface area contributed by atoms with E-state index in [1.807, 2.05) is 0 Å². The summed E-state index contributed by atoms with van der Waals surface area (Å²) in [4.78, 5) is 20.0. The molecule has 1 aromatic heterocycles. The van der Waals surface area contributed by atoms with Crippen molar-refractivity contribution in [2.75, 3.05) is 18.2 Å². The number of halogens is 1. The van der Waals surface area contributed by atoms with E-state index >= 15 is 0 Å². The lowest BCUT2D eigenvalue weighted by Crippen LogP contribution is -2.16. The summed E-state index contributed by atoms with van der Waals surface area (Å²) in [5.41, 5.74) is 6.45. The van der Waals surface area contributed by atoms with Crippen LogP contribution in [-0.2, 0) is 0 Å². The molecule has 1 amide bonds. The van der Waals surface area contributed by atoms with Gasteiger partial charge in [-0.15, -0.1) is 0 Å². The smallest absolute Gasteiger partial charge is 0.260 e. The fourth-order valence-electron chi connectivity index (χ4n) is 1.59. The molecule has 104 valence electrons. The molecule has 0 aliphatic rings. The van der Waals surface area contributed by atoms with Crippen LogP contribution >= 0.6 is 0 Å². The molecule has 0 unspecified atom stereocenters. The third-order valence-corrected chi connectivity index (χ3v) is 2.53. The number of hydrogen-bond acceptors (Lipinski definition) is 5. The standard InChI is InChI=1S/C13H13FN4O2/c1-7-5-11(20-2)17-13(16-7)18-12(19)9-6-8(14)3-4-10(9)15/h3-6H,15H2,1-2H3,(H,16,17,18,19). The molecule has 0 saturated carbocycles. The molecule has 0 aliphatic heterocycles. The zero-order chi connectivity index (χ0) is 14.7. The number of nitrogens with two attached hydrogens (primary N) is 1. The molecule has 6 nitrogen and oxygen atoms in total. The van der Waals surface area contributed by atoms with Gasteiger partial charge >= 0.3 is 0 Å². The predicted octanol–water partition coefficient (Wildman–Crippen LogP) is 1.77. The first-order chi connectivity index (χ1) is 9.49. The van der Waals surface area contributed by atoms with Gasteiger partial charge in [0.05, 0.1) is 12.7 Å². The van der Waals surface area contributed by atoms with Gasteiger partial charge in [-0.05, 0) is 25.1 Å². The molecular formula is C13H13FN4O2. The maximum absolute atomic E-state index is 13.1. The highest BCUT2D eigenvalue weighted by Gasteiger charge is 2.13. The van der Waals surface area contributed by atoms with E-state index in [2.05, 4.69) is 15.3 Å². The van der Waals surface area contributed by atoms with Gasteiger partial charge in [-0.1, -0.05) is 0 Å². The van der Waals surface area contributed by atoms with Crippen molar-refractivity contribution in [1.29, 1.82) is 0 Å². The SMILES string of the molecule is COc1cc(C)nc(NC(=O)c2cc(F)ccc2N)n1. The molecule has 0 aliphatic carbocycles. The lowest BCUT2D eigenvalue weighted by atomic mass is 10.1. The van der Waals surface area contributed by atoms with E-state index in [4.69, 9.17) is 10.5 Å². The summed E-state index contributed by atoms with van der Waals surface area (Å²) in [6, 6.07) is 5.17. The Bertz CT molecular complexity index is 661. The number of carbonyl (C=O) groups excluding carboxylic acids is 1. The van der Waals surface area contributed by atoms with E-state index in [0.29, 0.717) is 11.6 Å². The van der Waals surface area contributed by atoms with E-state index in [-0.39, 0.29) is 17.2 Å². The number of nitrogens with zero attached hydrogens (tertiary/aromatic N) is 2. The van der Waals surface area contributed by atoms with Crippen LogP contribution in [0.5, 0.6) is 5.88 Å². The molecule has 3 N–H and O–H groups in total. The zero-order valence-corrected chi connectivity index (χ0v) is 11.0. The summed E-state index contributed by atoms with van der Waals surface area (Å²) >= 11 is 0. The largest absolute Gasteiger partial charge is 0.481 e. The normalized spacial score (nSPS) is 10.2. The van der Waals surface area contributed by atoms with E-state index < -0.39 is 11.7 Å². The molecule has 0 spiro atoms. The van der Waals surface area contributed by atoms with Crippen LogP contribution < -0.4 is 15.8 Å². The van der Waals surface area contributed by atoms with Gasteiger partial charge in [0.25, 0.3) is 5.91 Å². The number of aryl methyl sites for hydroxylation is 1. The number of carbonyl (C=O) groups is 1. The Morgan fingerprint density at radius 1 is 1.35 bits per heavy atom. The monoisotopic (exact) mass is 276 g/mol. The summed E-state index contributed by atoms with van der Waals surface area (Å²) in [6.07, 6.45) is 0. The molecule has 1 heterocycles. The van der Waals surface area contributed by atoms with Crippen molar-refractivity contribution in [1.82, 2.24) is 9.97 Å². The van der Waals surface area contributed by atoms with E-state index in [1.54, 1.807) is 13.0 Å². The average Bonchev–Trinajstić information content (AvgIpc) is 2.40. The van der Waals surface area contributed by atoms with Crippen molar-refractivity contribution >= 4 is 17.5 Å². The van der Waals surface area contributed by atoms with Gasteiger partial charge in [-0.2, -0.15) is 4.98 Å². The van der Waals surface area contributed by atoms with Crippen LogP contribution in [0.15, 0.2) is 24.3 Å². The van der Waals surface area contributed by atoms with Crippen LogP contribution in [0.1, 0.15) is 16.1 Å². The highest BCUT2D eigenvalue weighted by atomic mass is 19.1. The minimum absolute atomic E-state index is 0.0223. The van der Waals surface area contributed by atoms with Crippen molar-refractivity contribution in [3.63, 3.8) is 0 Å². The number of ether oxygens (including phenoxy) is 1. The Hall–Kier alpha value is -2.70. The third-order valence-electron chi connectivity index (χ3n) is 2.53. The first kappa shape index (κ1) is 13.7. The highest BCUT2D eigenvalue weighted by molar-refractivity contribution is 6.06. The Balaban J connectivity index is 2.27. The van der Waals surface area contributed by atoms with Crippen LogP contribution in [0.25, 0.3) is 0 Å². The van der Waals surface area contributed by atoms with Gasteiger partial charge in [-0.3, -0.25) is 10.1 Å². The predicted molar refractivity (Wildman–Crippen MR) is 72.1 cm³/mol. The summed E-state index contributed by atoms with van der Waals surface area (Å²) in [5.74, 6) is -0.753. The molecule has 2 rings (SSSR count). The molecular weight excluding hydrogens is 263 g/mol. The second kappa shape index (κ2) is 5.52. The number of nitrogens with one attached hydrogen (secondary N) is 1. The van der Waals surface area contributed by atoms with Gasteiger partial charge in [0.2, 0.25) is 11.8 Å². The molecule has 20 heavy (non-hydrogen) atoms. The van der Waals surface area contributed by atoms with Gasteiger partial charge < -0.3 is 10.5 Å². The fourth-order valence-corrected chi connectivity index (χ4v) is 1.59. The number of methoxy groups -OCH3 is 1. The molecule has 2 aromatic rings. The summed E-state index contributed by atoms with van der Waals surface area (Å²) in [6.45, 7) is 1.73. The number of hydrogen-bond donors (Lipinski definition) is 2. The number of benzene rings is 1. The van der Waals surface area contributed by atoms with Crippen molar-refractivity contribution < 1.29 is 13.9 Å². The second-order valence-corrected chi connectivity index (χ2v) is 4.06. The van der Waals surface area contributed by atoms with Crippen LogP contribution in [0, 0.1) is 12.7 Å². The molecule has 0 bridgehead atoms. The molecule has 0 fully saturated rings. The van der Waals surface area contributed by atoms with Crippen molar-refractivity contribution in [3.05, 3.63) is 41.3 Å². The zero-order valence-electron chi connectivity index (χ0n) is 11.0. The Kier molecular flexibility index (Phi) is 3.79. The Morgan fingerprint density at radius 3 is 2.80 bits per heavy atom. The summed E-state index contributed by atoms with van der Waals surface area (Å²) in [7, 11) is 1.46. The first-order valence-electron chi connectivity index (χ1n) is 5.75. The van der Waals surface area contributed by atoms with Gasteiger partial charge in [0.1, 0.15) is 5.82 Å². The van der Waals surface area contributed by atoms with E-state index in [0.717, 1.165) is 6.07 Å². The van der Waals surface area contributed by atoms with E-state index in [1.165, 1.54) is 19.2 Å². The maximum Gasteiger partial charge on any atom is 0.260 e. The lowest BCUT2D eigenvalue weighted by Gasteiger charge is -2.08. The third kappa shape index (κ3) is 3.00. The summed E-state index contributed by atoms with van der Waals surface area (Å²) in [5, 5.41) is 2.45. The lowest BCUT2D eigenvalue weighted by molar-refractivity contribution is 0.102.